The van der Waals surface area contributed by atoms with Crippen LogP contribution in [0.15, 0.2) is 109 Å². The van der Waals surface area contributed by atoms with Gasteiger partial charge in [0, 0.05) is 12.8 Å². The van der Waals surface area contributed by atoms with Crippen LogP contribution in [0.4, 0.5) is 0 Å². The fraction of sp³-hybridized carbons (Fsp3) is 0.649. The van der Waals surface area contributed by atoms with Crippen molar-refractivity contribution < 1.29 is 37.3 Å². The number of nitrogens with one attached hydrogen (secondary N) is 1. The van der Waals surface area contributed by atoms with Gasteiger partial charge in [0.15, 0.2) is 0 Å². The molecular formula is C57H98N2O7P+. The van der Waals surface area contributed by atoms with Gasteiger partial charge >= 0.3 is 13.8 Å². The average molecular weight is 954 g/mol. The molecule has 0 saturated carbocycles. The van der Waals surface area contributed by atoms with Gasteiger partial charge in [0.25, 0.3) is 0 Å². The van der Waals surface area contributed by atoms with Crippen LogP contribution in [0, 0.1) is 0 Å². The third-order valence-corrected chi connectivity index (χ3v) is 11.9. The number of quaternary nitrogens is 1. The molecule has 10 heteroatoms. The Morgan fingerprint density at radius 3 is 1.58 bits per heavy atom. The topological polar surface area (TPSA) is 111 Å². The molecule has 0 aliphatic carbocycles. The summed E-state index contributed by atoms with van der Waals surface area (Å²) in [6.45, 7) is 6.74. The van der Waals surface area contributed by atoms with E-state index in [0.29, 0.717) is 23.9 Å². The summed E-state index contributed by atoms with van der Waals surface area (Å²) in [5, 5.41) is 2.99. The second-order valence-electron chi connectivity index (χ2n) is 18.5. The van der Waals surface area contributed by atoms with Crippen LogP contribution in [0.25, 0.3) is 0 Å². The van der Waals surface area contributed by atoms with Crippen LogP contribution in [0.5, 0.6) is 0 Å². The van der Waals surface area contributed by atoms with Crippen LogP contribution < -0.4 is 5.32 Å². The van der Waals surface area contributed by atoms with Crippen LogP contribution in [0.1, 0.15) is 188 Å². The Labute approximate surface area is 410 Å². The summed E-state index contributed by atoms with van der Waals surface area (Å²) in [7, 11) is 1.42. The molecule has 1 amide bonds. The lowest BCUT2D eigenvalue weighted by Gasteiger charge is -2.27. The van der Waals surface area contributed by atoms with Crippen molar-refractivity contribution in [3.8, 4) is 0 Å². The first-order chi connectivity index (χ1) is 32.4. The minimum absolute atomic E-state index is 0.0174. The van der Waals surface area contributed by atoms with Gasteiger partial charge in [0.1, 0.15) is 19.3 Å². The van der Waals surface area contributed by atoms with Crippen molar-refractivity contribution in [2.45, 2.75) is 200 Å². The van der Waals surface area contributed by atoms with E-state index in [1.54, 1.807) is 6.08 Å². The zero-order valence-electron chi connectivity index (χ0n) is 43.3. The molecule has 0 aliphatic rings. The molecule has 0 heterocycles. The van der Waals surface area contributed by atoms with Gasteiger partial charge in [-0.3, -0.25) is 18.6 Å². The molecule has 0 aromatic carbocycles. The Morgan fingerprint density at radius 2 is 1.03 bits per heavy atom. The second kappa shape index (κ2) is 46.4. The van der Waals surface area contributed by atoms with Crippen molar-refractivity contribution in [1.82, 2.24) is 5.32 Å². The number of ether oxygens (including phenoxy) is 1. The van der Waals surface area contributed by atoms with E-state index < -0.39 is 25.9 Å². The molecular weight excluding hydrogens is 856 g/mol. The first-order valence-electron chi connectivity index (χ1n) is 26.3. The molecule has 0 bridgehead atoms. The Balaban J connectivity index is 5.58. The summed E-state index contributed by atoms with van der Waals surface area (Å²) in [4.78, 5) is 37.4. The highest BCUT2D eigenvalue weighted by molar-refractivity contribution is 7.47. The number of hydrogen-bond donors (Lipinski definition) is 2. The Bertz CT molecular complexity index is 1520. The smallest absolute Gasteiger partial charge is 0.456 e. The fourth-order valence-electron chi connectivity index (χ4n) is 6.79. The highest BCUT2D eigenvalue weighted by atomic mass is 31.2. The van der Waals surface area contributed by atoms with E-state index in [1.165, 1.54) is 83.5 Å². The first kappa shape index (κ1) is 63.7. The maximum atomic E-state index is 13.4. The molecule has 0 aromatic heterocycles. The molecule has 0 fully saturated rings. The summed E-state index contributed by atoms with van der Waals surface area (Å²) >= 11 is 0. The van der Waals surface area contributed by atoms with Gasteiger partial charge in [-0.1, -0.05) is 214 Å². The standard InChI is InChI=1S/C57H97N2O7P/c1-7-10-13-16-19-22-25-27-28-29-30-32-34-37-40-43-46-49-56(60)58-54(53-65-67(62,63)64-52-51-59(4,5)6)55(48-45-42-39-36-33-24-21-18-15-12-9-3)66-57(61)50-47-44-41-38-35-31-26-23-20-17-14-11-8-2/h10,13,16,19,22,25,27-32,34-35,41,44-45,48,54-55H,7-9,11-12,14-15,17-18,20-21,23-24,26,33,36-40,42-43,46-47,49-53H2,1-6H3,(H-,58,60,62,63)/p+1/b13-10-,19-16+,25-22+,28-27-,30-29+,34-32+,35-31-,44-41+,48-45-. The number of carbonyl (C=O) groups is 2. The number of phosphoric ester groups is 1. The van der Waals surface area contributed by atoms with Gasteiger partial charge in [-0.15, -0.1) is 0 Å². The Hall–Kier alpha value is -3.33. The largest absolute Gasteiger partial charge is 0.472 e. The number of carbonyl (C=O) groups excluding carboxylic acids is 2. The summed E-state index contributed by atoms with van der Waals surface area (Å²) in [5.74, 6) is -0.647. The SMILES string of the molecule is CC\C=C/C=C/C=C/C=C\C=C\C=C\CCCCCC(=O)NC(COP(=O)(O)OCC[N+](C)(C)C)C(/C=C\CCCCCCCCCCC)OC(=O)CC/C=C/C/C=C\CCCCCCCC. The number of esters is 1. The molecule has 0 saturated heterocycles. The number of amides is 1. The van der Waals surface area contributed by atoms with E-state index >= 15 is 0 Å². The molecule has 0 spiro atoms. The minimum Gasteiger partial charge on any atom is -0.456 e. The summed E-state index contributed by atoms with van der Waals surface area (Å²) < 4.78 is 30.4. The van der Waals surface area contributed by atoms with E-state index in [-0.39, 0.29) is 32.0 Å². The molecule has 3 atom stereocenters. The van der Waals surface area contributed by atoms with Gasteiger partial charge in [0.2, 0.25) is 5.91 Å². The Morgan fingerprint density at radius 1 is 0.552 bits per heavy atom. The van der Waals surface area contributed by atoms with Crippen molar-refractivity contribution in [2.24, 2.45) is 0 Å². The third-order valence-electron chi connectivity index (χ3n) is 10.9. The number of hydrogen-bond acceptors (Lipinski definition) is 6. The maximum Gasteiger partial charge on any atom is 0.472 e. The predicted molar refractivity (Wildman–Crippen MR) is 286 cm³/mol. The number of rotatable bonds is 45. The number of nitrogens with zero attached hydrogens (tertiary/aromatic N) is 1. The van der Waals surface area contributed by atoms with Gasteiger partial charge in [0.05, 0.1) is 33.8 Å². The monoisotopic (exact) mass is 954 g/mol. The van der Waals surface area contributed by atoms with Gasteiger partial charge in [-0.05, 0) is 70.3 Å². The molecule has 2 N–H and O–H groups in total. The molecule has 0 aliphatic heterocycles. The number of likely N-dealkylation sites (N-methyl/N-ethyl adjacent to an activating group) is 1. The fourth-order valence-corrected chi connectivity index (χ4v) is 7.52. The molecule has 0 aromatic rings. The first-order valence-corrected chi connectivity index (χ1v) is 27.8. The quantitative estimate of drug-likeness (QED) is 0.0156. The van der Waals surface area contributed by atoms with E-state index in [9.17, 15) is 19.0 Å². The zero-order chi connectivity index (χ0) is 49.4. The van der Waals surface area contributed by atoms with E-state index in [4.69, 9.17) is 13.8 Å². The summed E-state index contributed by atoms with van der Waals surface area (Å²) in [6, 6.07) is -0.899. The lowest BCUT2D eigenvalue weighted by Crippen LogP contribution is -2.47. The van der Waals surface area contributed by atoms with E-state index in [1.807, 2.05) is 94.1 Å². The van der Waals surface area contributed by atoms with Crippen molar-refractivity contribution >= 4 is 19.7 Å². The van der Waals surface area contributed by atoms with Crippen LogP contribution in [0.3, 0.4) is 0 Å². The predicted octanol–water partition coefficient (Wildman–Crippen LogP) is 15.4. The number of phosphoric acid groups is 1. The van der Waals surface area contributed by atoms with Crippen molar-refractivity contribution in [2.75, 3.05) is 40.9 Å². The molecule has 0 radical (unpaired) electrons. The molecule has 0 rings (SSSR count). The number of unbranched alkanes of at least 4 members (excludes halogenated alkanes) is 18. The van der Waals surface area contributed by atoms with Crippen molar-refractivity contribution in [1.29, 1.82) is 0 Å². The lowest BCUT2D eigenvalue weighted by molar-refractivity contribution is -0.870. The highest BCUT2D eigenvalue weighted by Crippen LogP contribution is 2.43. The second-order valence-corrected chi connectivity index (χ2v) is 19.9. The molecule has 382 valence electrons. The molecule has 67 heavy (non-hydrogen) atoms. The van der Waals surface area contributed by atoms with Gasteiger partial charge in [-0.25, -0.2) is 4.57 Å². The maximum absolute atomic E-state index is 13.4. The Kier molecular flexibility index (Phi) is 44.1. The van der Waals surface area contributed by atoms with Gasteiger partial charge in [-0.2, -0.15) is 0 Å². The zero-order valence-corrected chi connectivity index (χ0v) is 44.2. The third kappa shape index (κ3) is 47.5. The van der Waals surface area contributed by atoms with Crippen molar-refractivity contribution in [3.63, 3.8) is 0 Å². The minimum atomic E-state index is -4.47. The lowest BCUT2D eigenvalue weighted by atomic mass is 10.1. The molecule has 9 nitrogen and oxygen atoms in total. The van der Waals surface area contributed by atoms with Crippen LogP contribution >= 0.6 is 7.82 Å². The molecule has 3 unspecified atom stereocenters. The normalized spacial score (nSPS) is 14.8. The van der Waals surface area contributed by atoms with Crippen LogP contribution in [-0.4, -0.2) is 74.3 Å². The van der Waals surface area contributed by atoms with Crippen LogP contribution in [-0.2, 0) is 27.9 Å². The van der Waals surface area contributed by atoms with Gasteiger partial charge < -0.3 is 19.4 Å². The average Bonchev–Trinajstić information content (AvgIpc) is 3.28. The van der Waals surface area contributed by atoms with Crippen LogP contribution in [0.2, 0.25) is 0 Å². The highest BCUT2D eigenvalue weighted by Gasteiger charge is 2.30. The summed E-state index contributed by atoms with van der Waals surface area (Å²) in [5.41, 5.74) is 0. The van der Waals surface area contributed by atoms with E-state index in [0.717, 1.165) is 57.8 Å². The summed E-state index contributed by atoms with van der Waals surface area (Å²) in [6.07, 6.45) is 62.4. The number of allylic oxidation sites excluding steroid dienone is 17. The van der Waals surface area contributed by atoms with E-state index in [2.05, 4.69) is 56.5 Å². The van der Waals surface area contributed by atoms with Crippen molar-refractivity contribution in [3.05, 3.63) is 109 Å².